The Balaban J connectivity index is 2.44. The van der Waals surface area contributed by atoms with E-state index in [-0.39, 0.29) is 17.1 Å². The monoisotopic (exact) mass is 300 g/mol. The van der Waals surface area contributed by atoms with Crippen molar-refractivity contribution in [3.63, 3.8) is 0 Å². The Morgan fingerprint density at radius 2 is 2.18 bits per heavy atom. The molecule has 2 aromatic rings. The minimum atomic E-state index is -1.17. The fourth-order valence-corrected chi connectivity index (χ4v) is 1.96. The van der Waals surface area contributed by atoms with Gasteiger partial charge in [-0.05, 0) is 28.1 Å². The fraction of sp³-hybridized carbons (Fsp3) is 0.167. The summed E-state index contributed by atoms with van der Waals surface area (Å²) in [5, 5.41) is 10.0. The number of benzene rings is 1. The number of ether oxygens (including phenoxy) is 1. The molecule has 1 atom stereocenters. The number of methoxy groups -OCH3 is 1. The van der Waals surface area contributed by atoms with E-state index in [2.05, 4.69) is 15.9 Å². The van der Waals surface area contributed by atoms with Crippen molar-refractivity contribution < 1.29 is 18.7 Å². The molecule has 0 aliphatic carbocycles. The molecule has 1 N–H and O–H groups in total. The Kier molecular flexibility index (Phi) is 3.49. The summed E-state index contributed by atoms with van der Waals surface area (Å²) in [4.78, 5) is 0. The average molecular weight is 301 g/mol. The Bertz CT molecular complexity index is 524. The van der Waals surface area contributed by atoms with Crippen molar-refractivity contribution >= 4 is 15.9 Å². The maximum Gasteiger partial charge on any atom is 0.171 e. The van der Waals surface area contributed by atoms with Gasteiger partial charge < -0.3 is 14.3 Å². The number of aliphatic hydroxyl groups is 1. The first-order chi connectivity index (χ1) is 8.15. The van der Waals surface area contributed by atoms with Gasteiger partial charge in [-0.25, -0.2) is 4.39 Å². The molecule has 0 aliphatic heterocycles. The van der Waals surface area contributed by atoms with Crippen LogP contribution in [0, 0.1) is 5.82 Å². The molecule has 2 rings (SSSR count). The molecule has 17 heavy (non-hydrogen) atoms. The third-order valence-electron chi connectivity index (χ3n) is 2.40. The van der Waals surface area contributed by atoms with E-state index in [4.69, 9.17) is 9.15 Å². The quantitative estimate of drug-likeness (QED) is 0.946. The maximum absolute atomic E-state index is 13.9. The van der Waals surface area contributed by atoms with Crippen LogP contribution in [0.15, 0.2) is 39.4 Å². The number of aliphatic hydroxyl groups excluding tert-OH is 1. The van der Waals surface area contributed by atoms with Gasteiger partial charge in [0.05, 0.1) is 17.8 Å². The molecule has 3 nitrogen and oxygen atoms in total. The van der Waals surface area contributed by atoms with Crippen LogP contribution in [-0.4, -0.2) is 12.2 Å². The van der Waals surface area contributed by atoms with E-state index >= 15 is 0 Å². The van der Waals surface area contributed by atoms with Crippen LogP contribution < -0.4 is 4.74 Å². The summed E-state index contributed by atoms with van der Waals surface area (Å²) in [6.45, 7) is 0. The van der Waals surface area contributed by atoms with Gasteiger partial charge in [0.2, 0.25) is 0 Å². The smallest absolute Gasteiger partial charge is 0.171 e. The summed E-state index contributed by atoms with van der Waals surface area (Å²) in [7, 11) is 1.37. The van der Waals surface area contributed by atoms with Crippen LogP contribution in [-0.2, 0) is 0 Å². The molecule has 5 heteroatoms. The highest BCUT2D eigenvalue weighted by atomic mass is 79.9. The molecule has 0 amide bonds. The molecule has 1 heterocycles. The van der Waals surface area contributed by atoms with Gasteiger partial charge in [0.1, 0.15) is 6.10 Å². The summed E-state index contributed by atoms with van der Waals surface area (Å²) in [6.07, 6.45) is 0.246. The summed E-state index contributed by atoms with van der Waals surface area (Å²) in [5.41, 5.74) is 0.111. The van der Waals surface area contributed by atoms with Crippen LogP contribution in [0.2, 0.25) is 0 Å². The second kappa shape index (κ2) is 4.89. The lowest BCUT2D eigenvalue weighted by atomic mass is 10.1. The molecule has 0 saturated carbocycles. The Labute approximate surface area is 106 Å². The first-order valence-electron chi connectivity index (χ1n) is 4.88. The molecule has 0 aliphatic rings. The van der Waals surface area contributed by atoms with Crippen molar-refractivity contribution in [2.45, 2.75) is 6.10 Å². The van der Waals surface area contributed by atoms with Crippen molar-refractivity contribution in [1.82, 2.24) is 0 Å². The van der Waals surface area contributed by atoms with E-state index < -0.39 is 11.9 Å². The van der Waals surface area contributed by atoms with Crippen LogP contribution in [0.1, 0.15) is 17.4 Å². The van der Waals surface area contributed by atoms with Gasteiger partial charge in [0.15, 0.2) is 17.3 Å². The number of hydrogen-bond acceptors (Lipinski definition) is 3. The van der Waals surface area contributed by atoms with Crippen molar-refractivity contribution in [2.75, 3.05) is 7.11 Å². The first-order valence-corrected chi connectivity index (χ1v) is 5.67. The Morgan fingerprint density at radius 3 is 2.76 bits per heavy atom. The lowest BCUT2D eigenvalue weighted by Crippen LogP contribution is -2.03. The minimum Gasteiger partial charge on any atom is -0.494 e. The van der Waals surface area contributed by atoms with E-state index in [0.717, 1.165) is 0 Å². The van der Waals surface area contributed by atoms with Crippen molar-refractivity contribution in [2.24, 2.45) is 0 Å². The second-order valence-electron chi connectivity index (χ2n) is 3.40. The highest BCUT2D eigenvalue weighted by Crippen LogP contribution is 2.33. The van der Waals surface area contributed by atoms with E-state index in [1.807, 2.05) is 0 Å². The number of halogens is 2. The lowest BCUT2D eigenvalue weighted by molar-refractivity contribution is 0.182. The van der Waals surface area contributed by atoms with Gasteiger partial charge in [-0.1, -0.05) is 12.1 Å². The molecular weight excluding hydrogens is 291 g/mol. The van der Waals surface area contributed by atoms with Crippen LogP contribution in [0.25, 0.3) is 0 Å². The molecule has 1 aromatic heterocycles. The SMILES string of the molecule is COc1cccc(C(O)c2occc2Br)c1F. The van der Waals surface area contributed by atoms with Crippen molar-refractivity contribution in [1.29, 1.82) is 0 Å². The van der Waals surface area contributed by atoms with Gasteiger partial charge in [0.25, 0.3) is 0 Å². The molecule has 0 saturated heterocycles. The third-order valence-corrected chi connectivity index (χ3v) is 3.06. The predicted octanol–water partition coefficient (Wildman–Crippen LogP) is 3.27. The van der Waals surface area contributed by atoms with Gasteiger partial charge in [0, 0.05) is 5.56 Å². The molecule has 0 bridgehead atoms. The largest absolute Gasteiger partial charge is 0.494 e. The van der Waals surface area contributed by atoms with Crippen LogP contribution in [0.5, 0.6) is 5.75 Å². The van der Waals surface area contributed by atoms with Crippen LogP contribution >= 0.6 is 15.9 Å². The number of furan rings is 1. The third kappa shape index (κ3) is 2.21. The zero-order valence-corrected chi connectivity index (χ0v) is 10.6. The highest BCUT2D eigenvalue weighted by molar-refractivity contribution is 9.10. The fourth-order valence-electron chi connectivity index (χ4n) is 1.54. The Morgan fingerprint density at radius 1 is 1.41 bits per heavy atom. The second-order valence-corrected chi connectivity index (χ2v) is 4.25. The van der Waals surface area contributed by atoms with Crippen LogP contribution in [0.4, 0.5) is 4.39 Å². The zero-order valence-electron chi connectivity index (χ0n) is 8.98. The minimum absolute atomic E-state index is 0.0872. The van der Waals surface area contributed by atoms with Crippen LogP contribution in [0.3, 0.4) is 0 Å². The molecule has 90 valence electrons. The van der Waals surface area contributed by atoms with E-state index in [1.54, 1.807) is 12.1 Å². The summed E-state index contributed by atoms with van der Waals surface area (Å²) in [6, 6.07) is 6.22. The lowest BCUT2D eigenvalue weighted by Gasteiger charge is -2.12. The molecule has 0 fully saturated rings. The zero-order chi connectivity index (χ0) is 12.4. The molecule has 1 aromatic carbocycles. The summed E-state index contributed by atoms with van der Waals surface area (Å²) >= 11 is 3.22. The van der Waals surface area contributed by atoms with Gasteiger partial charge in [-0.15, -0.1) is 0 Å². The number of hydrogen-bond donors (Lipinski definition) is 1. The average Bonchev–Trinajstić information content (AvgIpc) is 2.75. The standard InChI is InChI=1S/C12H10BrFO3/c1-16-9-4-2-3-7(10(9)14)11(15)12-8(13)5-6-17-12/h2-6,11,15H,1H3. The molecule has 0 radical (unpaired) electrons. The normalized spacial score (nSPS) is 12.5. The van der Waals surface area contributed by atoms with Gasteiger partial charge in [-0.2, -0.15) is 0 Å². The topological polar surface area (TPSA) is 42.6 Å². The van der Waals surface area contributed by atoms with Gasteiger partial charge >= 0.3 is 0 Å². The molecule has 0 spiro atoms. The van der Waals surface area contributed by atoms with Crippen molar-refractivity contribution in [3.8, 4) is 5.75 Å². The first kappa shape index (κ1) is 12.1. The highest BCUT2D eigenvalue weighted by Gasteiger charge is 2.22. The maximum atomic E-state index is 13.9. The predicted molar refractivity (Wildman–Crippen MR) is 63.4 cm³/mol. The summed E-state index contributed by atoms with van der Waals surface area (Å²) in [5.74, 6) is -0.243. The van der Waals surface area contributed by atoms with E-state index in [1.165, 1.54) is 25.5 Å². The summed E-state index contributed by atoms with van der Waals surface area (Å²) < 4.78 is 24.5. The molecular formula is C12H10BrFO3. The van der Waals surface area contributed by atoms with Gasteiger partial charge in [-0.3, -0.25) is 0 Å². The molecule has 1 unspecified atom stereocenters. The Hall–Kier alpha value is -1.33. The van der Waals surface area contributed by atoms with Crippen molar-refractivity contribution in [3.05, 3.63) is 52.1 Å². The van der Waals surface area contributed by atoms with E-state index in [0.29, 0.717) is 4.47 Å². The number of rotatable bonds is 3. The van der Waals surface area contributed by atoms with E-state index in [9.17, 15) is 9.50 Å².